The van der Waals surface area contributed by atoms with Crippen LogP contribution in [0.1, 0.15) is 31.7 Å². The molecule has 0 N–H and O–H groups in total. The SMILES string of the molecule is CCC(C)c1ccc2ccn(C)c2c1. The second kappa shape index (κ2) is 3.49. The van der Waals surface area contributed by atoms with Crippen molar-refractivity contribution in [2.45, 2.75) is 26.2 Å². The van der Waals surface area contributed by atoms with Crippen molar-refractivity contribution >= 4 is 10.9 Å². The summed E-state index contributed by atoms with van der Waals surface area (Å²) in [6.07, 6.45) is 3.32. The largest absolute Gasteiger partial charge is 0.351 e. The molecule has 1 heteroatoms. The van der Waals surface area contributed by atoms with Crippen molar-refractivity contribution in [3.05, 3.63) is 36.0 Å². The molecule has 0 aliphatic heterocycles. The van der Waals surface area contributed by atoms with Gasteiger partial charge in [0.1, 0.15) is 0 Å². The lowest BCUT2D eigenvalue weighted by atomic mass is 9.98. The highest BCUT2D eigenvalue weighted by Crippen LogP contribution is 2.23. The predicted molar refractivity (Wildman–Crippen MR) is 61.6 cm³/mol. The summed E-state index contributed by atoms with van der Waals surface area (Å²) in [5, 5.41) is 1.33. The Morgan fingerprint density at radius 2 is 2.07 bits per heavy atom. The van der Waals surface area contributed by atoms with E-state index in [-0.39, 0.29) is 0 Å². The molecule has 2 aromatic rings. The van der Waals surface area contributed by atoms with Gasteiger partial charge in [0, 0.05) is 18.8 Å². The summed E-state index contributed by atoms with van der Waals surface area (Å²) in [5.74, 6) is 0.661. The van der Waals surface area contributed by atoms with E-state index in [4.69, 9.17) is 0 Å². The zero-order chi connectivity index (χ0) is 10.1. The van der Waals surface area contributed by atoms with Crippen LogP contribution in [-0.2, 0) is 7.05 Å². The monoisotopic (exact) mass is 187 g/mol. The molecule has 0 aliphatic rings. The van der Waals surface area contributed by atoms with Gasteiger partial charge in [-0.25, -0.2) is 0 Å². The van der Waals surface area contributed by atoms with Crippen LogP contribution in [-0.4, -0.2) is 4.57 Å². The summed E-state index contributed by atoms with van der Waals surface area (Å²) in [5.41, 5.74) is 2.78. The minimum absolute atomic E-state index is 0.661. The van der Waals surface area contributed by atoms with Gasteiger partial charge >= 0.3 is 0 Å². The zero-order valence-corrected chi connectivity index (χ0v) is 9.12. The maximum Gasteiger partial charge on any atom is 0.0480 e. The molecule has 14 heavy (non-hydrogen) atoms. The fourth-order valence-electron chi connectivity index (χ4n) is 1.82. The van der Waals surface area contributed by atoms with Gasteiger partial charge in [-0.15, -0.1) is 0 Å². The molecule has 1 nitrogen and oxygen atoms in total. The molecule has 1 aromatic carbocycles. The van der Waals surface area contributed by atoms with E-state index in [2.05, 4.69) is 55.9 Å². The van der Waals surface area contributed by atoms with E-state index in [0.717, 1.165) is 0 Å². The van der Waals surface area contributed by atoms with E-state index in [1.54, 1.807) is 0 Å². The van der Waals surface area contributed by atoms with Crippen LogP contribution >= 0.6 is 0 Å². The predicted octanol–water partition coefficient (Wildman–Crippen LogP) is 3.69. The average molecular weight is 187 g/mol. The summed E-state index contributed by atoms with van der Waals surface area (Å²) in [4.78, 5) is 0. The van der Waals surface area contributed by atoms with Crippen molar-refractivity contribution in [1.29, 1.82) is 0 Å². The second-order valence-electron chi connectivity index (χ2n) is 4.05. The molecule has 1 heterocycles. The highest BCUT2D eigenvalue weighted by Gasteiger charge is 2.04. The van der Waals surface area contributed by atoms with Gasteiger partial charge in [0.2, 0.25) is 0 Å². The van der Waals surface area contributed by atoms with Crippen molar-refractivity contribution in [2.75, 3.05) is 0 Å². The molecule has 1 aromatic heterocycles. The highest BCUT2D eigenvalue weighted by molar-refractivity contribution is 5.80. The molecule has 0 fully saturated rings. The van der Waals surface area contributed by atoms with Crippen LogP contribution in [0, 0.1) is 0 Å². The molecule has 1 atom stereocenters. The third-order valence-electron chi connectivity index (χ3n) is 3.09. The van der Waals surface area contributed by atoms with E-state index >= 15 is 0 Å². The van der Waals surface area contributed by atoms with Crippen molar-refractivity contribution < 1.29 is 0 Å². The average Bonchev–Trinajstić information content (AvgIpc) is 2.59. The topological polar surface area (TPSA) is 4.93 Å². The van der Waals surface area contributed by atoms with E-state index in [9.17, 15) is 0 Å². The Hall–Kier alpha value is -1.24. The fraction of sp³-hybridized carbons (Fsp3) is 0.385. The first kappa shape index (κ1) is 9.32. The molecule has 74 valence electrons. The third kappa shape index (κ3) is 1.43. The van der Waals surface area contributed by atoms with Crippen molar-refractivity contribution in [2.24, 2.45) is 7.05 Å². The van der Waals surface area contributed by atoms with Crippen molar-refractivity contribution in [3.8, 4) is 0 Å². The first-order chi connectivity index (χ1) is 6.72. The number of hydrogen-bond acceptors (Lipinski definition) is 0. The van der Waals surface area contributed by atoms with Crippen LogP contribution in [0.15, 0.2) is 30.5 Å². The molecule has 0 bridgehead atoms. The number of aryl methyl sites for hydroxylation is 1. The van der Waals surface area contributed by atoms with Gasteiger partial charge in [-0.3, -0.25) is 0 Å². The summed E-state index contributed by atoms with van der Waals surface area (Å²) in [7, 11) is 2.10. The first-order valence-electron chi connectivity index (χ1n) is 5.27. The lowest BCUT2D eigenvalue weighted by Crippen LogP contribution is -1.92. The Morgan fingerprint density at radius 1 is 1.29 bits per heavy atom. The summed E-state index contributed by atoms with van der Waals surface area (Å²) < 4.78 is 2.18. The number of fused-ring (bicyclic) bond motifs is 1. The van der Waals surface area contributed by atoms with Crippen LogP contribution in [0.4, 0.5) is 0 Å². The molecular weight excluding hydrogens is 170 g/mol. The lowest BCUT2D eigenvalue weighted by Gasteiger charge is -2.09. The lowest BCUT2D eigenvalue weighted by molar-refractivity contribution is 0.734. The smallest absolute Gasteiger partial charge is 0.0480 e. The molecule has 0 spiro atoms. The Bertz CT molecular complexity index is 439. The summed E-state index contributed by atoms with van der Waals surface area (Å²) in [6, 6.07) is 8.94. The van der Waals surface area contributed by atoms with Gasteiger partial charge in [-0.1, -0.05) is 26.0 Å². The van der Waals surface area contributed by atoms with Crippen LogP contribution in [0.5, 0.6) is 0 Å². The second-order valence-corrected chi connectivity index (χ2v) is 4.05. The molecular formula is C13H17N. The van der Waals surface area contributed by atoms with E-state index < -0.39 is 0 Å². The molecule has 1 unspecified atom stereocenters. The number of rotatable bonds is 2. The first-order valence-corrected chi connectivity index (χ1v) is 5.27. The van der Waals surface area contributed by atoms with Crippen LogP contribution in [0.3, 0.4) is 0 Å². The number of benzene rings is 1. The molecule has 0 saturated carbocycles. The van der Waals surface area contributed by atoms with Crippen LogP contribution < -0.4 is 0 Å². The van der Waals surface area contributed by atoms with Gasteiger partial charge in [-0.05, 0) is 35.4 Å². The number of aromatic nitrogens is 1. The standard InChI is InChI=1S/C13H17N/c1-4-10(2)12-6-5-11-7-8-14(3)13(11)9-12/h5-10H,4H2,1-3H3. The minimum Gasteiger partial charge on any atom is -0.351 e. The maximum absolute atomic E-state index is 2.31. The maximum atomic E-state index is 2.31. The van der Waals surface area contributed by atoms with Gasteiger partial charge in [-0.2, -0.15) is 0 Å². The number of nitrogens with zero attached hydrogens (tertiary/aromatic N) is 1. The van der Waals surface area contributed by atoms with E-state index in [0.29, 0.717) is 5.92 Å². The molecule has 2 rings (SSSR count). The Balaban J connectivity index is 2.54. The fourth-order valence-corrected chi connectivity index (χ4v) is 1.82. The Morgan fingerprint density at radius 3 is 2.79 bits per heavy atom. The third-order valence-corrected chi connectivity index (χ3v) is 3.09. The van der Waals surface area contributed by atoms with Gasteiger partial charge < -0.3 is 4.57 Å². The minimum atomic E-state index is 0.661. The molecule has 0 radical (unpaired) electrons. The summed E-state index contributed by atoms with van der Waals surface area (Å²) in [6.45, 7) is 4.52. The highest BCUT2D eigenvalue weighted by atomic mass is 14.9. The van der Waals surface area contributed by atoms with Crippen molar-refractivity contribution in [3.63, 3.8) is 0 Å². The molecule has 0 amide bonds. The van der Waals surface area contributed by atoms with Crippen molar-refractivity contribution in [1.82, 2.24) is 4.57 Å². The quantitative estimate of drug-likeness (QED) is 0.675. The van der Waals surface area contributed by atoms with Gasteiger partial charge in [0.25, 0.3) is 0 Å². The molecule has 0 aliphatic carbocycles. The van der Waals surface area contributed by atoms with E-state index in [1.165, 1.54) is 22.9 Å². The van der Waals surface area contributed by atoms with Gasteiger partial charge in [0.05, 0.1) is 0 Å². The zero-order valence-electron chi connectivity index (χ0n) is 9.12. The van der Waals surface area contributed by atoms with Crippen LogP contribution in [0.25, 0.3) is 10.9 Å². The Kier molecular flexibility index (Phi) is 2.32. The normalized spacial score (nSPS) is 13.4. The van der Waals surface area contributed by atoms with Gasteiger partial charge in [0.15, 0.2) is 0 Å². The number of hydrogen-bond donors (Lipinski definition) is 0. The van der Waals surface area contributed by atoms with Crippen LogP contribution in [0.2, 0.25) is 0 Å². The van der Waals surface area contributed by atoms with E-state index in [1.807, 2.05) is 0 Å². The summed E-state index contributed by atoms with van der Waals surface area (Å²) >= 11 is 0. The Labute approximate surface area is 85.4 Å². The molecule has 0 saturated heterocycles.